The number of carbonyl (C=O) groups excluding carboxylic acids is 2. The van der Waals surface area contributed by atoms with Crippen LogP contribution in [0.1, 0.15) is 32.8 Å². The molecule has 0 fully saturated rings. The Morgan fingerprint density at radius 2 is 2.03 bits per heavy atom. The van der Waals surface area contributed by atoms with E-state index in [4.69, 9.17) is 0 Å². The molecule has 158 valence electrons. The molecular formula is C23H19N7O2. The maximum absolute atomic E-state index is 12.8. The molecule has 4 N–H and O–H groups in total. The summed E-state index contributed by atoms with van der Waals surface area (Å²) in [4.78, 5) is 36.8. The second kappa shape index (κ2) is 8.31. The van der Waals surface area contributed by atoms with Gasteiger partial charge in [-0.25, -0.2) is 4.98 Å². The lowest BCUT2D eigenvalue weighted by Crippen LogP contribution is -2.23. The molecule has 0 atom stereocenters. The molecule has 2 amide bonds. The molecule has 0 unspecified atom stereocenters. The van der Waals surface area contributed by atoms with E-state index < -0.39 is 0 Å². The molecule has 9 heteroatoms. The number of anilines is 2. The van der Waals surface area contributed by atoms with Crippen LogP contribution in [0.4, 0.5) is 11.5 Å². The van der Waals surface area contributed by atoms with E-state index in [9.17, 15) is 9.59 Å². The zero-order valence-electron chi connectivity index (χ0n) is 16.9. The number of hydrogen-bond donors (Lipinski definition) is 4. The van der Waals surface area contributed by atoms with Crippen molar-refractivity contribution >= 4 is 39.9 Å². The number of aromatic amines is 1. The normalized spacial score (nSPS) is 14.5. The topological polar surface area (TPSA) is 124 Å². The van der Waals surface area contributed by atoms with Crippen LogP contribution in [0, 0.1) is 0 Å². The molecule has 5 rings (SSSR count). The van der Waals surface area contributed by atoms with Crippen LogP contribution in [-0.4, -0.2) is 39.0 Å². The molecule has 9 nitrogen and oxygen atoms in total. The summed E-state index contributed by atoms with van der Waals surface area (Å²) in [6.45, 7) is 0.451. The van der Waals surface area contributed by atoms with Crippen LogP contribution >= 0.6 is 0 Å². The lowest BCUT2D eigenvalue weighted by atomic mass is 10.0. The SMILES string of the molecule is O=C(Nc1cccnc1)c1ccc2[nH]c3c(c2c1)/C(=N/Nc1ccccn1)CCNC3=O. The first-order valence-corrected chi connectivity index (χ1v) is 10.1. The van der Waals surface area contributed by atoms with Crippen LogP contribution < -0.4 is 16.1 Å². The molecule has 0 saturated carbocycles. The number of amides is 2. The van der Waals surface area contributed by atoms with Crippen LogP contribution in [0.2, 0.25) is 0 Å². The fourth-order valence-electron chi connectivity index (χ4n) is 3.62. The average molecular weight is 425 g/mol. The van der Waals surface area contributed by atoms with E-state index in [1.165, 1.54) is 0 Å². The summed E-state index contributed by atoms with van der Waals surface area (Å²) in [6.07, 6.45) is 5.42. The summed E-state index contributed by atoms with van der Waals surface area (Å²) in [7, 11) is 0. The Bertz CT molecular complexity index is 1330. The van der Waals surface area contributed by atoms with Crippen LogP contribution in [0.15, 0.2) is 72.2 Å². The molecule has 0 bridgehead atoms. The molecular weight excluding hydrogens is 406 g/mol. The van der Waals surface area contributed by atoms with Crippen molar-refractivity contribution in [3.8, 4) is 0 Å². The molecule has 1 aromatic carbocycles. The summed E-state index contributed by atoms with van der Waals surface area (Å²) in [5, 5.41) is 11.0. The first-order chi connectivity index (χ1) is 15.7. The van der Waals surface area contributed by atoms with Crippen LogP contribution in [0.25, 0.3) is 10.9 Å². The number of nitrogens with one attached hydrogen (secondary N) is 4. The second-order valence-electron chi connectivity index (χ2n) is 7.22. The zero-order valence-corrected chi connectivity index (χ0v) is 16.9. The predicted octanol–water partition coefficient (Wildman–Crippen LogP) is 3.16. The van der Waals surface area contributed by atoms with Gasteiger partial charge in [-0.15, -0.1) is 0 Å². The Hall–Kier alpha value is -4.53. The number of aromatic nitrogens is 3. The lowest BCUT2D eigenvalue weighted by molar-refractivity contribution is 0.0951. The molecule has 4 heterocycles. The monoisotopic (exact) mass is 425 g/mol. The standard InChI is InChI=1S/C23H19N7O2/c31-22(27-15-4-3-9-24-13-15)14-6-7-17-16(12-14)20-18(8-11-26-23(32)21(20)28-17)29-30-19-5-1-2-10-25-19/h1-7,9-10,12-13,28H,8,11H2,(H,25,30)(H,26,32)(H,27,31)/b29-18+. The van der Waals surface area contributed by atoms with Gasteiger partial charge in [-0.1, -0.05) is 6.07 Å². The number of carbonyl (C=O) groups is 2. The summed E-state index contributed by atoms with van der Waals surface area (Å²) >= 11 is 0. The fourth-order valence-corrected chi connectivity index (χ4v) is 3.62. The maximum atomic E-state index is 12.8. The van der Waals surface area contributed by atoms with Gasteiger partial charge in [-0.05, 0) is 42.5 Å². The Morgan fingerprint density at radius 3 is 2.84 bits per heavy atom. The van der Waals surface area contributed by atoms with Crippen molar-refractivity contribution in [2.45, 2.75) is 6.42 Å². The molecule has 0 radical (unpaired) electrons. The van der Waals surface area contributed by atoms with Gasteiger partial charge in [0.15, 0.2) is 0 Å². The molecule has 32 heavy (non-hydrogen) atoms. The highest BCUT2D eigenvalue weighted by molar-refractivity contribution is 6.20. The van der Waals surface area contributed by atoms with Crippen molar-refractivity contribution in [2.24, 2.45) is 5.10 Å². The summed E-state index contributed by atoms with van der Waals surface area (Å²) in [6, 6.07) is 14.3. The quantitative estimate of drug-likeness (QED) is 0.374. The van der Waals surface area contributed by atoms with E-state index in [1.54, 1.807) is 55.0 Å². The molecule has 1 aliphatic heterocycles. The molecule has 0 aliphatic carbocycles. The summed E-state index contributed by atoms with van der Waals surface area (Å²) in [5.41, 5.74) is 6.56. The van der Waals surface area contributed by atoms with Crippen molar-refractivity contribution in [3.63, 3.8) is 0 Å². The Kier molecular flexibility index (Phi) is 5.04. The van der Waals surface area contributed by atoms with Gasteiger partial charge in [-0.3, -0.25) is 20.0 Å². The van der Waals surface area contributed by atoms with Gasteiger partial charge in [0, 0.05) is 47.4 Å². The van der Waals surface area contributed by atoms with Crippen LogP contribution in [0.3, 0.4) is 0 Å². The summed E-state index contributed by atoms with van der Waals surface area (Å²) in [5.74, 6) is 0.125. The minimum absolute atomic E-state index is 0.208. The molecule has 3 aromatic heterocycles. The molecule has 0 saturated heterocycles. The first-order valence-electron chi connectivity index (χ1n) is 10.1. The van der Waals surface area contributed by atoms with Gasteiger partial charge >= 0.3 is 0 Å². The minimum Gasteiger partial charge on any atom is -0.350 e. The van der Waals surface area contributed by atoms with E-state index in [-0.39, 0.29) is 11.8 Å². The van der Waals surface area contributed by atoms with E-state index in [0.717, 1.165) is 10.9 Å². The fraction of sp³-hybridized carbons (Fsp3) is 0.0870. The summed E-state index contributed by atoms with van der Waals surface area (Å²) < 4.78 is 0. The van der Waals surface area contributed by atoms with Gasteiger partial charge in [-0.2, -0.15) is 5.10 Å². The third-order valence-corrected chi connectivity index (χ3v) is 5.11. The smallest absolute Gasteiger partial charge is 0.268 e. The number of fused-ring (bicyclic) bond motifs is 3. The van der Waals surface area contributed by atoms with E-state index in [2.05, 4.69) is 36.1 Å². The number of benzene rings is 1. The van der Waals surface area contributed by atoms with Crippen molar-refractivity contribution in [2.75, 3.05) is 17.3 Å². The highest BCUT2D eigenvalue weighted by Gasteiger charge is 2.25. The van der Waals surface area contributed by atoms with Crippen molar-refractivity contribution < 1.29 is 9.59 Å². The third-order valence-electron chi connectivity index (χ3n) is 5.11. The van der Waals surface area contributed by atoms with Gasteiger partial charge in [0.1, 0.15) is 11.5 Å². The number of pyridine rings is 2. The van der Waals surface area contributed by atoms with Crippen molar-refractivity contribution in [3.05, 3.63) is 83.9 Å². The lowest BCUT2D eigenvalue weighted by Gasteiger charge is -2.07. The Morgan fingerprint density at radius 1 is 1.09 bits per heavy atom. The molecule has 1 aliphatic rings. The van der Waals surface area contributed by atoms with E-state index in [0.29, 0.717) is 47.0 Å². The van der Waals surface area contributed by atoms with E-state index in [1.807, 2.05) is 12.1 Å². The van der Waals surface area contributed by atoms with Crippen molar-refractivity contribution in [1.82, 2.24) is 20.3 Å². The predicted molar refractivity (Wildman–Crippen MR) is 122 cm³/mol. The zero-order chi connectivity index (χ0) is 21.9. The number of hydrazone groups is 1. The first kappa shape index (κ1) is 19.4. The Balaban J connectivity index is 1.55. The number of H-pyrrole nitrogens is 1. The largest absolute Gasteiger partial charge is 0.350 e. The average Bonchev–Trinajstić information content (AvgIpc) is 3.13. The van der Waals surface area contributed by atoms with Gasteiger partial charge < -0.3 is 15.6 Å². The number of hydrogen-bond acceptors (Lipinski definition) is 6. The highest BCUT2D eigenvalue weighted by Crippen LogP contribution is 2.27. The Labute approximate surface area is 183 Å². The van der Waals surface area contributed by atoms with Crippen LogP contribution in [-0.2, 0) is 0 Å². The number of nitrogens with zero attached hydrogens (tertiary/aromatic N) is 3. The second-order valence-corrected chi connectivity index (χ2v) is 7.22. The van der Waals surface area contributed by atoms with Gasteiger partial charge in [0.25, 0.3) is 11.8 Å². The van der Waals surface area contributed by atoms with Gasteiger partial charge in [0.2, 0.25) is 0 Å². The van der Waals surface area contributed by atoms with E-state index >= 15 is 0 Å². The number of rotatable bonds is 4. The highest BCUT2D eigenvalue weighted by atomic mass is 16.2. The van der Waals surface area contributed by atoms with Crippen molar-refractivity contribution in [1.29, 1.82) is 0 Å². The van der Waals surface area contributed by atoms with Crippen LogP contribution in [0.5, 0.6) is 0 Å². The van der Waals surface area contributed by atoms with Gasteiger partial charge in [0.05, 0.1) is 17.6 Å². The molecule has 4 aromatic rings. The molecule has 0 spiro atoms. The third kappa shape index (κ3) is 3.79. The minimum atomic E-state index is -0.266. The maximum Gasteiger partial charge on any atom is 0.268 e.